The summed E-state index contributed by atoms with van der Waals surface area (Å²) in [7, 11) is 0. The highest BCUT2D eigenvalue weighted by molar-refractivity contribution is 5.91. The molecule has 3 N–H and O–H groups in total. The van der Waals surface area contributed by atoms with Crippen LogP contribution in [0.2, 0.25) is 0 Å². The van der Waals surface area contributed by atoms with Crippen molar-refractivity contribution >= 4 is 22.9 Å². The Labute approximate surface area is 235 Å². The number of carbonyl (C=O) groups is 2. The molecule has 1 unspecified atom stereocenters. The fraction of sp³-hybridized carbons (Fsp3) is 0.364. The highest BCUT2D eigenvalue weighted by Gasteiger charge is 2.39. The van der Waals surface area contributed by atoms with Crippen LogP contribution >= 0.6 is 0 Å². The van der Waals surface area contributed by atoms with Gasteiger partial charge in [-0.2, -0.15) is 0 Å². The number of carbonyl (C=O) groups excluding carboxylic acids is 2. The van der Waals surface area contributed by atoms with Crippen molar-refractivity contribution in [3.05, 3.63) is 102 Å². The predicted molar refractivity (Wildman–Crippen MR) is 157 cm³/mol. The number of nitrogens with zero attached hydrogens (tertiary/aromatic N) is 1. The van der Waals surface area contributed by atoms with Crippen LogP contribution in [0.25, 0.3) is 10.9 Å². The Bertz CT molecular complexity index is 1430. The molecular weight excluding hydrogens is 500 g/mol. The number of rotatable bonds is 9. The second-order valence-electron chi connectivity index (χ2n) is 11.2. The van der Waals surface area contributed by atoms with Crippen LogP contribution in [0.15, 0.2) is 79.1 Å². The number of para-hydroxylation sites is 1. The number of hydrogen-bond acceptors (Lipinski definition) is 4. The van der Waals surface area contributed by atoms with Crippen molar-refractivity contribution in [2.24, 2.45) is 5.92 Å². The van der Waals surface area contributed by atoms with Crippen LogP contribution in [-0.4, -0.2) is 27.5 Å². The first-order valence-corrected chi connectivity index (χ1v) is 14.2. The Kier molecular flexibility index (Phi) is 8.48. The van der Waals surface area contributed by atoms with Crippen LogP contribution in [0, 0.1) is 12.8 Å². The molecule has 2 atom stereocenters. The molecule has 0 bridgehead atoms. The molecule has 1 saturated carbocycles. The molecule has 208 valence electrons. The third-order valence-corrected chi connectivity index (χ3v) is 8.00. The maximum Gasteiger partial charge on any atom is 0.408 e. The molecule has 1 fully saturated rings. The molecule has 0 spiro atoms. The molecule has 4 aromatic rings. The van der Waals surface area contributed by atoms with Gasteiger partial charge in [-0.25, -0.2) is 4.79 Å². The van der Waals surface area contributed by atoms with E-state index in [4.69, 9.17) is 4.74 Å². The second-order valence-corrected chi connectivity index (χ2v) is 11.2. The lowest BCUT2D eigenvalue weighted by atomic mass is 9.81. The first-order valence-electron chi connectivity index (χ1n) is 14.2. The first-order chi connectivity index (χ1) is 19.4. The Morgan fingerprint density at radius 3 is 2.52 bits per heavy atom. The summed E-state index contributed by atoms with van der Waals surface area (Å²) in [5.74, 6) is 0.0321. The molecule has 7 nitrogen and oxygen atoms in total. The molecule has 2 amide bonds. The highest BCUT2D eigenvalue weighted by atomic mass is 16.5. The number of pyridine rings is 1. The zero-order valence-corrected chi connectivity index (χ0v) is 23.3. The Balaban J connectivity index is 1.40. The van der Waals surface area contributed by atoms with Crippen molar-refractivity contribution in [2.75, 3.05) is 0 Å². The van der Waals surface area contributed by atoms with Gasteiger partial charge < -0.3 is 20.4 Å². The smallest absolute Gasteiger partial charge is 0.408 e. The number of alkyl carbamates (subject to hydrolysis) is 1. The van der Waals surface area contributed by atoms with Gasteiger partial charge >= 0.3 is 6.09 Å². The number of amides is 2. The van der Waals surface area contributed by atoms with Crippen molar-refractivity contribution in [2.45, 2.75) is 70.6 Å². The molecule has 2 aromatic heterocycles. The SMILES string of the molecule is Cc1ccc(COC(=O)N[C@@](C)(Cc2c[nH]c3ccccc23)C(=O)NC(c2ccccn2)C2CCCCC2)cc1. The zero-order chi connectivity index (χ0) is 28.0. The Hall–Kier alpha value is -4.13. The van der Waals surface area contributed by atoms with E-state index < -0.39 is 11.6 Å². The molecule has 0 aliphatic heterocycles. The van der Waals surface area contributed by atoms with Crippen LogP contribution in [0.5, 0.6) is 0 Å². The van der Waals surface area contributed by atoms with Crippen LogP contribution < -0.4 is 10.6 Å². The molecular formula is C33H38N4O3. The van der Waals surface area contributed by atoms with Crippen molar-refractivity contribution in [1.82, 2.24) is 20.6 Å². The summed E-state index contributed by atoms with van der Waals surface area (Å²) in [5.41, 5.74) is 3.53. The number of benzene rings is 2. The molecule has 7 heteroatoms. The molecule has 0 radical (unpaired) electrons. The molecule has 2 aromatic carbocycles. The number of aromatic amines is 1. The lowest BCUT2D eigenvalue weighted by Gasteiger charge is -2.35. The zero-order valence-electron chi connectivity index (χ0n) is 23.3. The standard InChI is InChI=1S/C33H38N4O3/c1-23-15-17-24(18-16-23)22-40-32(39)37-33(2,20-26-21-35-28-13-7-6-12-27(26)28)31(38)36-30(25-10-4-3-5-11-25)29-14-8-9-19-34-29/h6-9,12-19,21,25,30,35H,3-5,10-11,20,22H2,1-2H3,(H,36,38)(H,37,39)/t30?,33-/m0/s1. The third-order valence-electron chi connectivity index (χ3n) is 8.00. The molecule has 5 rings (SSSR count). The van der Waals surface area contributed by atoms with Crippen LogP contribution in [-0.2, 0) is 22.6 Å². The van der Waals surface area contributed by atoms with E-state index in [2.05, 4.69) is 20.6 Å². The number of H-pyrrole nitrogens is 1. The lowest BCUT2D eigenvalue weighted by Crippen LogP contribution is -2.59. The largest absolute Gasteiger partial charge is 0.445 e. The van der Waals surface area contributed by atoms with Gasteiger partial charge in [-0.3, -0.25) is 9.78 Å². The van der Waals surface area contributed by atoms with Crippen LogP contribution in [0.3, 0.4) is 0 Å². The Morgan fingerprint density at radius 1 is 1.02 bits per heavy atom. The van der Waals surface area contributed by atoms with Crippen molar-refractivity contribution in [3.63, 3.8) is 0 Å². The molecule has 2 heterocycles. The number of ether oxygens (including phenoxy) is 1. The van der Waals surface area contributed by atoms with Gasteiger partial charge in [0.1, 0.15) is 12.1 Å². The van der Waals surface area contributed by atoms with E-state index in [1.165, 1.54) is 6.42 Å². The molecule has 40 heavy (non-hydrogen) atoms. The van der Waals surface area contributed by atoms with Gasteiger partial charge in [0.05, 0.1) is 11.7 Å². The molecule has 0 saturated heterocycles. The summed E-state index contributed by atoms with van der Waals surface area (Å²) in [6.45, 7) is 3.90. The Morgan fingerprint density at radius 2 is 1.77 bits per heavy atom. The normalized spacial score (nSPS) is 16.1. The van der Waals surface area contributed by atoms with E-state index in [-0.39, 0.29) is 18.6 Å². The fourth-order valence-electron chi connectivity index (χ4n) is 5.70. The van der Waals surface area contributed by atoms with Gasteiger partial charge in [-0.1, -0.05) is 73.4 Å². The van der Waals surface area contributed by atoms with Crippen molar-refractivity contribution in [1.29, 1.82) is 0 Å². The minimum atomic E-state index is -1.27. The number of aromatic nitrogens is 2. The monoisotopic (exact) mass is 538 g/mol. The fourth-order valence-corrected chi connectivity index (χ4v) is 5.70. The van der Waals surface area contributed by atoms with E-state index in [1.54, 1.807) is 13.1 Å². The first kappa shape index (κ1) is 27.4. The minimum absolute atomic E-state index is 0.121. The van der Waals surface area contributed by atoms with Gasteiger partial charge in [0.25, 0.3) is 0 Å². The topological polar surface area (TPSA) is 96.1 Å². The number of aryl methyl sites for hydroxylation is 1. The van der Waals surface area contributed by atoms with Crippen molar-refractivity contribution in [3.8, 4) is 0 Å². The van der Waals surface area contributed by atoms with Crippen molar-refractivity contribution < 1.29 is 14.3 Å². The lowest BCUT2D eigenvalue weighted by molar-refractivity contribution is -0.128. The number of fused-ring (bicyclic) bond motifs is 1. The maximum absolute atomic E-state index is 14.2. The van der Waals surface area contributed by atoms with Gasteiger partial charge in [-0.15, -0.1) is 0 Å². The van der Waals surface area contributed by atoms with Crippen LogP contribution in [0.1, 0.15) is 67.5 Å². The summed E-state index contributed by atoms with van der Waals surface area (Å²) in [4.78, 5) is 35.2. The van der Waals surface area contributed by atoms with E-state index in [0.717, 1.165) is 59.0 Å². The van der Waals surface area contributed by atoms with E-state index in [0.29, 0.717) is 12.3 Å². The molecule has 1 aliphatic carbocycles. The highest BCUT2D eigenvalue weighted by Crippen LogP contribution is 2.34. The van der Waals surface area contributed by atoms with Gasteiger partial charge in [0.2, 0.25) is 5.91 Å². The minimum Gasteiger partial charge on any atom is -0.445 e. The average molecular weight is 539 g/mol. The molecule has 1 aliphatic rings. The summed E-state index contributed by atoms with van der Waals surface area (Å²) >= 11 is 0. The summed E-state index contributed by atoms with van der Waals surface area (Å²) in [6, 6.07) is 21.4. The third kappa shape index (κ3) is 6.53. The van der Waals surface area contributed by atoms with Crippen LogP contribution in [0.4, 0.5) is 4.79 Å². The summed E-state index contributed by atoms with van der Waals surface area (Å²) in [6.07, 6.45) is 8.90. The van der Waals surface area contributed by atoms with E-state index in [9.17, 15) is 9.59 Å². The van der Waals surface area contributed by atoms with Gasteiger partial charge in [-0.05, 0) is 61.9 Å². The van der Waals surface area contributed by atoms with E-state index >= 15 is 0 Å². The second kappa shape index (κ2) is 12.4. The summed E-state index contributed by atoms with van der Waals surface area (Å²) < 4.78 is 5.58. The summed E-state index contributed by atoms with van der Waals surface area (Å²) in [5, 5.41) is 7.26. The van der Waals surface area contributed by atoms with E-state index in [1.807, 2.05) is 79.9 Å². The maximum atomic E-state index is 14.2. The number of nitrogens with one attached hydrogen (secondary N) is 3. The van der Waals surface area contributed by atoms with Gasteiger partial charge in [0, 0.05) is 29.7 Å². The predicted octanol–water partition coefficient (Wildman–Crippen LogP) is 6.54. The average Bonchev–Trinajstić information content (AvgIpc) is 3.38. The number of hydrogen-bond donors (Lipinski definition) is 3. The van der Waals surface area contributed by atoms with Gasteiger partial charge in [0.15, 0.2) is 0 Å². The quantitative estimate of drug-likeness (QED) is 0.226.